The van der Waals surface area contributed by atoms with Crippen molar-refractivity contribution < 1.29 is 14.2 Å². The molecule has 4 atom stereocenters. The molecule has 2 aliphatic carbocycles. The molecule has 0 amide bonds. The van der Waals surface area contributed by atoms with Crippen LogP contribution >= 0.6 is 7.80 Å². The summed E-state index contributed by atoms with van der Waals surface area (Å²) in [6.07, 6.45) is 3.97. The fourth-order valence-corrected chi connectivity index (χ4v) is 7.57. The average Bonchev–Trinajstić information content (AvgIpc) is 2.43. The van der Waals surface area contributed by atoms with Crippen molar-refractivity contribution in [2.75, 3.05) is 0 Å². The molecule has 24 heavy (non-hydrogen) atoms. The maximum atomic E-state index is 12.9. The average molecular weight is 353 g/mol. The predicted octanol–water partition coefficient (Wildman–Crippen LogP) is 5.50. The Morgan fingerprint density at radius 3 is 1.12 bits per heavy atom. The van der Waals surface area contributed by atoms with Gasteiger partial charge in [-0.25, -0.2) is 9.59 Å². The summed E-state index contributed by atoms with van der Waals surface area (Å²) < 4.78 is 12.8. The van der Waals surface area contributed by atoms with E-state index in [4.69, 9.17) is 0 Å². The maximum absolute atomic E-state index is 12.9. The molecular formula is C20H34O3P+. The normalized spacial score (nSPS) is 44.0. The fourth-order valence-electron chi connectivity index (χ4n) is 5.79. The Balaban J connectivity index is 2.12. The molecule has 0 heterocycles. The summed E-state index contributed by atoms with van der Waals surface area (Å²) in [6, 6.07) is 0. The molecule has 2 aliphatic rings. The lowest BCUT2D eigenvalue weighted by atomic mass is 9.70. The zero-order valence-corrected chi connectivity index (χ0v) is 17.0. The molecule has 0 spiro atoms. The molecule has 2 fully saturated rings. The van der Waals surface area contributed by atoms with Gasteiger partial charge in [0.15, 0.2) is 0 Å². The number of hydrogen-bond donors (Lipinski definition) is 0. The first kappa shape index (κ1) is 19.8. The molecule has 0 N–H and O–H groups in total. The molecule has 2 saturated carbocycles. The van der Waals surface area contributed by atoms with Crippen molar-refractivity contribution in [2.24, 2.45) is 47.3 Å². The van der Waals surface area contributed by atoms with E-state index in [1.54, 1.807) is 0 Å². The van der Waals surface area contributed by atoms with E-state index in [2.05, 4.69) is 41.5 Å². The summed E-state index contributed by atoms with van der Waals surface area (Å²) in [7, 11) is -2.41. The third-order valence-electron chi connectivity index (χ3n) is 6.52. The van der Waals surface area contributed by atoms with Gasteiger partial charge in [0.25, 0.3) is 0 Å². The number of carbonyl (C=O) groups is 2. The van der Waals surface area contributed by atoms with E-state index in [9.17, 15) is 14.2 Å². The molecule has 136 valence electrons. The number of carbonyl (C=O) groups excluding carboxylic acids is 2. The van der Waals surface area contributed by atoms with Crippen LogP contribution < -0.4 is 0 Å². The molecule has 0 saturated heterocycles. The van der Waals surface area contributed by atoms with Crippen molar-refractivity contribution in [3.05, 3.63) is 0 Å². The summed E-state index contributed by atoms with van der Waals surface area (Å²) >= 11 is 0. The third kappa shape index (κ3) is 3.98. The van der Waals surface area contributed by atoms with Crippen LogP contribution in [0.25, 0.3) is 0 Å². The van der Waals surface area contributed by atoms with Gasteiger partial charge in [0.2, 0.25) is 0 Å². The van der Waals surface area contributed by atoms with Crippen LogP contribution in [0.4, 0.5) is 0 Å². The second-order valence-corrected chi connectivity index (χ2v) is 10.6. The van der Waals surface area contributed by atoms with Crippen molar-refractivity contribution in [1.29, 1.82) is 0 Å². The minimum atomic E-state index is -2.41. The van der Waals surface area contributed by atoms with Crippen molar-refractivity contribution in [3.63, 3.8) is 0 Å². The molecule has 3 nitrogen and oxygen atoms in total. The van der Waals surface area contributed by atoms with E-state index in [1.807, 2.05) is 0 Å². The van der Waals surface area contributed by atoms with Crippen molar-refractivity contribution in [2.45, 2.75) is 67.2 Å². The van der Waals surface area contributed by atoms with Gasteiger partial charge in [-0.1, -0.05) is 46.1 Å². The van der Waals surface area contributed by atoms with E-state index >= 15 is 0 Å². The number of rotatable bonds is 4. The highest BCUT2D eigenvalue weighted by atomic mass is 31.1. The van der Waals surface area contributed by atoms with Crippen LogP contribution in [-0.2, 0) is 14.2 Å². The molecule has 0 aromatic heterocycles. The minimum absolute atomic E-state index is 0.207. The number of hydrogen-bond acceptors (Lipinski definition) is 3. The first-order valence-corrected chi connectivity index (χ1v) is 10.9. The topological polar surface area (TPSA) is 51.2 Å². The standard InChI is InChI=1S/C20H34O3P/c1-11-7-13(3)17(14(4)8-11)19(21)24(23)20(22)18-15(5)9-12(2)10-16(18)6/h11-18H,7-10H2,1-6H3/q+1. The van der Waals surface area contributed by atoms with Crippen LogP contribution in [0, 0.1) is 47.3 Å². The lowest BCUT2D eigenvalue weighted by Crippen LogP contribution is -2.37. The van der Waals surface area contributed by atoms with Crippen molar-refractivity contribution in [1.82, 2.24) is 0 Å². The Hall–Kier alpha value is -0.560. The largest absolute Gasteiger partial charge is 0.491 e. The fraction of sp³-hybridized carbons (Fsp3) is 0.900. The van der Waals surface area contributed by atoms with Gasteiger partial charge in [-0.3, -0.25) is 0 Å². The van der Waals surface area contributed by atoms with E-state index in [0.717, 1.165) is 25.7 Å². The molecule has 0 aliphatic heterocycles. The Morgan fingerprint density at radius 1 is 0.625 bits per heavy atom. The van der Waals surface area contributed by atoms with Gasteiger partial charge in [-0.2, -0.15) is 0 Å². The Labute approximate surface area is 148 Å². The second kappa shape index (κ2) is 7.77. The van der Waals surface area contributed by atoms with Gasteiger partial charge in [0.05, 0.1) is 11.8 Å². The zero-order chi connectivity index (χ0) is 18.2. The van der Waals surface area contributed by atoms with Gasteiger partial charge in [0.1, 0.15) is 0 Å². The van der Waals surface area contributed by atoms with Crippen LogP contribution in [0.15, 0.2) is 0 Å². The van der Waals surface area contributed by atoms with Crippen LogP contribution in [0.2, 0.25) is 0 Å². The maximum Gasteiger partial charge on any atom is 0.491 e. The van der Waals surface area contributed by atoms with E-state index in [1.165, 1.54) is 0 Å². The van der Waals surface area contributed by atoms with Crippen LogP contribution in [-0.4, -0.2) is 11.0 Å². The minimum Gasteiger partial charge on any atom is -0.239 e. The third-order valence-corrected chi connectivity index (χ3v) is 7.92. The summed E-state index contributed by atoms with van der Waals surface area (Å²) in [6.45, 7) is 12.7. The highest BCUT2D eigenvalue weighted by Gasteiger charge is 2.53. The smallest absolute Gasteiger partial charge is 0.239 e. The first-order chi connectivity index (χ1) is 11.1. The van der Waals surface area contributed by atoms with Crippen LogP contribution in [0.5, 0.6) is 0 Å². The summed E-state index contributed by atoms with van der Waals surface area (Å²) in [5.74, 6) is 1.70. The SMILES string of the molecule is CC1CC(C)C(C(=O)[P+](=O)C(=O)C2C(C)CC(C)CC2C)C(C)C1. The Kier molecular flexibility index (Phi) is 6.40. The lowest BCUT2D eigenvalue weighted by molar-refractivity contribution is -0.122. The molecule has 0 radical (unpaired) electrons. The highest BCUT2D eigenvalue weighted by Crippen LogP contribution is 2.48. The van der Waals surface area contributed by atoms with Crippen molar-refractivity contribution >= 4 is 18.8 Å². The molecule has 4 heteroatoms. The van der Waals surface area contributed by atoms with E-state index in [-0.39, 0.29) is 46.6 Å². The monoisotopic (exact) mass is 353 g/mol. The van der Waals surface area contributed by atoms with Gasteiger partial charge >= 0.3 is 18.8 Å². The first-order valence-electron chi connectivity index (χ1n) is 9.68. The Bertz CT molecular complexity index is 447. The molecule has 4 unspecified atom stereocenters. The van der Waals surface area contributed by atoms with Gasteiger partial charge in [-0.15, -0.1) is 0 Å². The molecule has 0 aromatic carbocycles. The molecule has 0 bridgehead atoms. The second-order valence-electron chi connectivity index (χ2n) is 9.08. The van der Waals surface area contributed by atoms with E-state index < -0.39 is 7.80 Å². The zero-order valence-electron chi connectivity index (χ0n) is 16.1. The van der Waals surface area contributed by atoms with Gasteiger partial charge in [-0.05, 0) is 61.2 Å². The molecular weight excluding hydrogens is 319 g/mol. The van der Waals surface area contributed by atoms with Gasteiger partial charge < -0.3 is 0 Å². The summed E-state index contributed by atoms with van der Waals surface area (Å²) in [5, 5.41) is 0. The highest BCUT2D eigenvalue weighted by molar-refractivity contribution is 7.79. The molecule has 2 rings (SSSR count). The summed E-state index contributed by atoms with van der Waals surface area (Å²) in [5.41, 5.74) is -0.528. The van der Waals surface area contributed by atoms with E-state index in [0.29, 0.717) is 11.8 Å². The molecule has 0 aromatic rings. The van der Waals surface area contributed by atoms with Crippen LogP contribution in [0.3, 0.4) is 0 Å². The van der Waals surface area contributed by atoms with Gasteiger partial charge in [0, 0.05) is 0 Å². The Morgan fingerprint density at radius 2 is 0.875 bits per heavy atom. The quantitative estimate of drug-likeness (QED) is 0.627. The van der Waals surface area contributed by atoms with Crippen molar-refractivity contribution in [3.8, 4) is 0 Å². The lowest BCUT2D eigenvalue weighted by Gasteiger charge is -2.35. The van der Waals surface area contributed by atoms with Crippen LogP contribution in [0.1, 0.15) is 67.2 Å². The predicted molar refractivity (Wildman–Crippen MR) is 98.1 cm³/mol. The summed E-state index contributed by atoms with van der Waals surface area (Å²) in [4.78, 5) is 25.8.